The largest absolute Gasteiger partial charge is 0.354 e. The van der Waals surface area contributed by atoms with E-state index in [4.69, 9.17) is 0 Å². The zero-order valence-corrected chi connectivity index (χ0v) is 12.6. The highest BCUT2D eigenvalue weighted by Gasteiger charge is 2.40. The lowest BCUT2D eigenvalue weighted by Gasteiger charge is -2.20. The lowest BCUT2D eigenvalue weighted by molar-refractivity contribution is -0.117. The molecule has 6 heteroatoms. The summed E-state index contributed by atoms with van der Waals surface area (Å²) in [5.41, 5.74) is 0.756. The first-order valence-electron chi connectivity index (χ1n) is 7.62. The van der Waals surface area contributed by atoms with Gasteiger partial charge in [0.25, 0.3) is 5.91 Å². The standard InChI is InChI=1S/C15H22N4O2/c1-16-15(21)14-12(8-19(2)18-14)17-13(20)7-11-6-9-3-4-10(11)5-9/h8-11H,3-7H2,1-2H3,(H,16,21)(H,17,20). The highest BCUT2D eigenvalue weighted by atomic mass is 16.2. The number of nitrogens with one attached hydrogen (secondary N) is 2. The Morgan fingerprint density at radius 1 is 1.38 bits per heavy atom. The maximum atomic E-state index is 12.2. The van der Waals surface area contributed by atoms with Gasteiger partial charge in [0.05, 0.1) is 5.69 Å². The Morgan fingerprint density at radius 3 is 2.81 bits per heavy atom. The summed E-state index contributed by atoms with van der Waals surface area (Å²) in [6.07, 6.45) is 7.33. The Hall–Kier alpha value is -1.85. The normalized spacial score (nSPS) is 26.9. The minimum Gasteiger partial charge on any atom is -0.354 e. The van der Waals surface area contributed by atoms with Crippen LogP contribution in [-0.4, -0.2) is 28.6 Å². The molecule has 0 aliphatic heterocycles. The molecule has 2 N–H and O–H groups in total. The monoisotopic (exact) mass is 290 g/mol. The Labute approximate surface area is 124 Å². The van der Waals surface area contributed by atoms with E-state index in [-0.39, 0.29) is 17.5 Å². The zero-order chi connectivity index (χ0) is 15.0. The van der Waals surface area contributed by atoms with Gasteiger partial charge < -0.3 is 10.6 Å². The number of nitrogens with zero attached hydrogens (tertiary/aromatic N) is 2. The van der Waals surface area contributed by atoms with E-state index in [1.165, 1.54) is 30.4 Å². The van der Waals surface area contributed by atoms with E-state index in [9.17, 15) is 9.59 Å². The van der Waals surface area contributed by atoms with Gasteiger partial charge in [-0.05, 0) is 37.0 Å². The van der Waals surface area contributed by atoms with Crippen molar-refractivity contribution < 1.29 is 9.59 Å². The minimum absolute atomic E-state index is 0.00861. The minimum atomic E-state index is -0.286. The third-order valence-corrected chi connectivity index (χ3v) is 4.88. The highest BCUT2D eigenvalue weighted by molar-refractivity contribution is 6.02. The van der Waals surface area contributed by atoms with Gasteiger partial charge in [-0.15, -0.1) is 0 Å². The number of hydrogen-bond acceptors (Lipinski definition) is 3. The summed E-state index contributed by atoms with van der Waals surface area (Å²) in [5.74, 6) is 1.79. The zero-order valence-electron chi connectivity index (χ0n) is 12.6. The lowest BCUT2D eigenvalue weighted by atomic mass is 9.86. The lowest BCUT2D eigenvalue weighted by Crippen LogP contribution is -2.23. The first-order valence-corrected chi connectivity index (χ1v) is 7.62. The number of aromatic nitrogens is 2. The predicted octanol–water partition coefficient (Wildman–Crippen LogP) is 1.54. The Balaban J connectivity index is 1.63. The number of fused-ring (bicyclic) bond motifs is 2. The van der Waals surface area contributed by atoms with Crippen molar-refractivity contribution >= 4 is 17.5 Å². The molecule has 3 rings (SSSR count). The van der Waals surface area contributed by atoms with E-state index in [0.717, 1.165) is 11.8 Å². The first-order chi connectivity index (χ1) is 10.1. The highest BCUT2D eigenvalue weighted by Crippen LogP contribution is 2.49. The van der Waals surface area contributed by atoms with Crippen LogP contribution in [0.2, 0.25) is 0 Å². The van der Waals surface area contributed by atoms with E-state index < -0.39 is 0 Å². The van der Waals surface area contributed by atoms with Crippen molar-refractivity contribution in [2.24, 2.45) is 24.8 Å². The van der Waals surface area contributed by atoms with Crippen LogP contribution in [0.3, 0.4) is 0 Å². The van der Waals surface area contributed by atoms with Gasteiger partial charge in [-0.25, -0.2) is 0 Å². The number of hydrogen-bond donors (Lipinski definition) is 2. The van der Waals surface area contributed by atoms with Crippen molar-refractivity contribution in [2.75, 3.05) is 12.4 Å². The van der Waals surface area contributed by atoms with Gasteiger partial charge >= 0.3 is 0 Å². The molecule has 114 valence electrons. The van der Waals surface area contributed by atoms with Gasteiger partial charge in [0, 0.05) is 26.7 Å². The second-order valence-electron chi connectivity index (χ2n) is 6.33. The van der Waals surface area contributed by atoms with Crippen molar-refractivity contribution in [3.05, 3.63) is 11.9 Å². The summed E-state index contributed by atoms with van der Waals surface area (Å²) in [6, 6.07) is 0. The molecule has 2 aliphatic rings. The average molecular weight is 290 g/mol. The molecule has 3 unspecified atom stereocenters. The number of carbonyl (C=O) groups is 2. The molecule has 1 aromatic rings. The molecular formula is C15H22N4O2. The summed E-state index contributed by atoms with van der Waals surface area (Å²) >= 11 is 0. The SMILES string of the molecule is CNC(=O)c1nn(C)cc1NC(=O)CC1CC2CCC1C2. The second-order valence-corrected chi connectivity index (χ2v) is 6.33. The Kier molecular flexibility index (Phi) is 3.69. The van der Waals surface area contributed by atoms with Gasteiger partial charge in [-0.1, -0.05) is 6.42 Å². The molecule has 2 saturated carbocycles. The van der Waals surface area contributed by atoms with Crippen LogP contribution >= 0.6 is 0 Å². The third kappa shape index (κ3) is 2.80. The van der Waals surface area contributed by atoms with Crippen molar-refractivity contribution in [3.63, 3.8) is 0 Å². The average Bonchev–Trinajstić information content (AvgIpc) is 3.13. The first kappa shape index (κ1) is 14.1. The van der Waals surface area contributed by atoms with E-state index in [2.05, 4.69) is 15.7 Å². The summed E-state index contributed by atoms with van der Waals surface area (Å²) in [7, 11) is 3.29. The van der Waals surface area contributed by atoms with Crippen LogP contribution < -0.4 is 10.6 Å². The second kappa shape index (κ2) is 5.50. The van der Waals surface area contributed by atoms with Crippen LogP contribution in [0.15, 0.2) is 6.20 Å². The molecule has 3 atom stereocenters. The number of amides is 2. The van der Waals surface area contributed by atoms with Gasteiger partial charge in [-0.2, -0.15) is 5.10 Å². The molecule has 2 amide bonds. The molecule has 21 heavy (non-hydrogen) atoms. The van der Waals surface area contributed by atoms with Crippen LogP contribution in [0.25, 0.3) is 0 Å². The summed E-state index contributed by atoms with van der Waals surface area (Å²) in [6.45, 7) is 0. The number of aryl methyl sites for hydroxylation is 1. The summed E-state index contributed by atoms with van der Waals surface area (Å²) in [5, 5.41) is 9.48. The summed E-state index contributed by atoms with van der Waals surface area (Å²) in [4.78, 5) is 24.0. The van der Waals surface area contributed by atoms with Crippen LogP contribution in [0.4, 0.5) is 5.69 Å². The molecule has 0 radical (unpaired) electrons. The molecule has 1 aromatic heterocycles. The maximum absolute atomic E-state index is 12.2. The van der Waals surface area contributed by atoms with Crippen LogP contribution in [0.1, 0.15) is 42.6 Å². The van der Waals surface area contributed by atoms with Crippen molar-refractivity contribution in [2.45, 2.75) is 32.1 Å². The van der Waals surface area contributed by atoms with E-state index in [1.54, 1.807) is 20.3 Å². The fourth-order valence-corrected chi connectivity index (χ4v) is 3.93. The number of anilines is 1. The van der Waals surface area contributed by atoms with E-state index in [0.29, 0.717) is 18.0 Å². The van der Waals surface area contributed by atoms with E-state index >= 15 is 0 Å². The fraction of sp³-hybridized carbons (Fsp3) is 0.667. The molecule has 0 spiro atoms. The summed E-state index contributed by atoms with van der Waals surface area (Å²) < 4.78 is 1.54. The quantitative estimate of drug-likeness (QED) is 0.883. The molecular weight excluding hydrogens is 268 g/mol. The smallest absolute Gasteiger partial charge is 0.273 e. The van der Waals surface area contributed by atoms with Gasteiger partial charge in [0.2, 0.25) is 5.91 Å². The molecule has 2 fully saturated rings. The van der Waals surface area contributed by atoms with Gasteiger partial charge in [-0.3, -0.25) is 14.3 Å². The van der Waals surface area contributed by atoms with E-state index in [1.807, 2.05) is 0 Å². The topological polar surface area (TPSA) is 76.0 Å². The molecule has 0 aromatic carbocycles. The molecule has 2 aliphatic carbocycles. The van der Waals surface area contributed by atoms with Crippen LogP contribution in [-0.2, 0) is 11.8 Å². The van der Waals surface area contributed by atoms with Crippen molar-refractivity contribution in [1.82, 2.24) is 15.1 Å². The number of rotatable bonds is 4. The maximum Gasteiger partial charge on any atom is 0.273 e. The molecule has 1 heterocycles. The van der Waals surface area contributed by atoms with Crippen LogP contribution in [0, 0.1) is 17.8 Å². The van der Waals surface area contributed by atoms with Crippen molar-refractivity contribution in [1.29, 1.82) is 0 Å². The fourth-order valence-electron chi connectivity index (χ4n) is 3.93. The predicted molar refractivity (Wildman–Crippen MR) is 78.8 cm³/mol. The molecule has 2 bridgehead atoms. The number of carbonyl (C=O) groups excluding carboxylic acids is 2. The Morgan fingerprint density at radius 2 is 2.19 bits per heavy atom. The third-order valence-electron chi connectivity index (χ3n) is 4.88. The molecule has 0 saturated heterocycles. The van der Waals surface area contributed by atoms with Crippen molar-refractivity contribution in [3.8, 4) is 0 Å². The van der Waals surface area contributed by atoms with Gasteiger partial charge in [0.15, 0.2) is 5.69 Å². The van der Waals surface area contributed by atoms with Gasteiger partial charge in [0.1, 0.15) is 0 Å². The molecule has 6 nitrogen and oxygen atoms in total. The Bertz CT molecular complexity index is 566. The van der Waals surface area contributed by atoms with Crippen LogP contribution in [0.5, 0.6) is 0 Å².